The number of hydrogen-bond donors (Lipinski definition) is 2. The van der Waals surface area contributed by atoms with Gasteiger partial charge < -0.3 is 10.3 Å². The number of nitrogens with zero attached hydrogens (tertiary/aromatic N) is 1. The van der Waals surface area contributed by atoms with E-state index in [-0.39, 0.29) is 5.82 Å². The first-order chi connectivity index (χ1) is 8.09. The Hall–Kier alpha value is -2.31. The number of rotatable bonds is 2. The molecule has 0 aliphatic heterocycles. The second-order valence-corrected chi connectivity index (χ2v) is 3.11. The van der Waals surface area contributed by atoms with E-state index < -0.39 is 29.0 Å². The lowest BCUT2D eigenvalue weighted by Gasteiger charge is -2.05. The minimum Gasteiger partial charge on any atom is -0.341 e. The summed E-state index contributed by atoms with van der Waals surface area (Å²) in [7, 11) is 0. The zero-order valence-electron chi connectivity index (χ0n) is 8.30. The van der Waals surface area contributed by atoms with Crippen LogP contribution in [-0.4, -0.2) is 15.9 Å². The van der Waals surface area contributed by atoms with Crippen molar-refractivity contribution < 1.29 is 18.0 Å². The van der Waals surface area contributed by atoms with Crippen LogP contribution < -0.4 is 5.32 Å². The molecule has 0 radical (unpaired) electrons. The Balaban J connectivity index is 2.25. The number of halogens is 3. The lowest BCUT2D eigenvalue weighted by Crippen LogP contribution is -2.15. The van der Waals surface area contributed by atoms with Crippen molar-refractivity contribution in [3.63, 3.8) is 0 Å². The summed E-state index contributed by atoms with van der Waals surface area (Å²) in [6.45, 7) is 0. The van der Waals surface area contributed by atoms with E-state index >= 15 is 0 Å². The Labute approximate surface area is 93.5 Å². The van der Waals surface area contributed by atoms with Crippen LogP contribution in [0.15, 0.2) is 24.5 Å². The third-order valence-corrected chi connectivity index (χ3v) is 2.00. The fourth-order valence-electron chi connectivity index (χ4n) is 1.19. The number of benzene rings is 1. The molecule has 0 spiro atoms. The van der Waals surface area contributed by atoms with Gasteiger partial charge in [-0.15, -0.1) is 0 Å². The summed E-state index contributed by atoms with van der Waals surface area (Å²) < 4.78 is 38.7. The molecule has 1 aromatic carbocycles. The van der Waals surface area contributed by atoms with E-state index in [1.165, 1.54) is 12.4 Å². The highest BCUT2D eigenvalue weighted by Gasteiger charge is 2.16. The average Bonchev–Trinajstić information content (AvgIpc) is 2.83. The molecule has 2 N–H and O–H groups in total. The summed E-state index contributed by atoms with van der Waals surface area (Å²) in [6.07, 6.45) is 2.73. The molecule has 0 aliphatic carbocycles. The fraction of sp³-hybridized carbons (Fsp3) is 0. The molecule has 1 amide bonds. The number of nitrogens with one attached hydrogen (secondary N) is 2. The fourth-order valence-corrected chi connectivity index (χ4v) is 1.19. The highest BCUT2D eigenvalue weighted by atomic mass is 19.2. The van der Waals surface area contributed by atoms with E-state index in [1.54, 1.807) is 0 Å². The van der Waals surface area contributed by atoms with Crippen LogP contribution in [0.1, 0.15) is 10.6 Å². The van der Waals surface area contributed by atoms with Gasteiger partial charge in [0.25, 0.3) is 5.91 Å². The third-order valence-electron chi connectivity index (χ3n) is 2.00. The van der Waals surface area contributed by atoms with Crippen molar-refractivity contribution in [1.82, 2.24) is 9.97 Å². The van der Waals surface area contributed by atoms with Gasteiger partial charge in [-0.25, -0.2) is 18.2 Å². The van der Waals surface area contributed by atoms with E-state index in [0.717, 1.165) is 12.1 Å². The second-order valence-electron chi connectivity index (χ2n) is 3.11. The number of anilines is 1. The standard InChI is InChI=1S/C10H6F3N3O/c11-5-1-2-6(8(13)7(5)12)16-10(17)9-14-3-4-15-9/h1-4H,(H,14,15)(H,16,17). The van der Waals surface area contributed by atoms with Crippen LogP contribution in [0.3, 0.4) is 0 Å². The van der Waals surface area contributed by atoms with Crippen LogP contribution in [0.5, 0.6) is 0 Å². The van der Waals surface area contributed by atoms with Crippen molar-refractivity contribution in [3.05, 3.63) is 47.8 Å². The Morgan fingerprint density at radius 3 is 2.65 bits per heavy atom. The molecule has 7 heteroatoms. The van der Waals surface area contributed by atoms with Gasteiger partial charge in [0.15, 0.2) is 23.3 Å². The molecule has 17 heavy (non-hydrogen) atoms. The number of aromatic amines is 1. The molecule has 0 saturated heterocycles. The molecule has 0 aliphatic rings. The molecule has 0 bridgehead atoms. The first kappa shape index (κ1) is 11.2. The smallest absolute Gasteiger partial charge is 0.291 e. The quantitative estimate of drug-likeness (QED) is 0.791. The zero-order chi connectivity index (χ0) is 12.4. The van der Waals surface area contributed by atoms with Gasteiger partial charge in [0.2, 0.25) is 0 Å². The predicted molar refractivity (Wildman–Crippen MR) is 52.9 cm³/mol. The van der Waals surface area contributed by atoms with E-state index in [9.17, 15) is 18.0 Å². The summed E-state index contributed by atoms with van der Waals surface area (Å²) in [5, 5.41) is 2.07. The van der Waals surface area contributed by atoms with Crippen LogP contribution in [-0.2, 0) is 0 Å². The lowest BCUT2D eigenvalue weighted by molar-refractivity contribution is 0.101. The van der Waals surface area contributed by atoms with Gasteiger partial charge in [-0.3, -0.25) is 4.79 Å². The summed E-state index contributed by atoms with van der Waals surface area (Å²) in [5.74, 6) is -5.22. The van der Waals surface area contributed by atoms with Gasteiger partial charge in [0, 0.05) is 12.4 Å². The molecule has 0 saturated carbocycles. The molecule has 88 valence electrons. The number of aromatic nitrogens is 2. The van der Waals surface area contributed by atoms with Crippen LogP contribution in [0.25, 0.3) is 0 Å². The normalized spacial score (nSPS) is 10.3. The number of hydrogen-bond acceptors (Lipinski definition) is 2. The number of H-pyrrole nitrogens is 1. The predicted octanol–water partition coefficient (Wildman–Crippen LogP) is 2.08. The van der Waals surface area contributed by atoms with E-state index in [2.05, 4.69) is 15.3 Å². The molecule has 0 fully saturated rings. The molecule has 1 heterocycles. The summed E-state index contributed by atoms with van der Waals surface area (Å²) in [6, 6.07) is 1.64. The first-order valence-electron chi connectivity index (χ1n) is 4.54. The van der Waals surface area contributed by atoms with Gasteiger partial charge in [-0.2, -0.15) is 0 Å². The first-order valence-corrected chi connectivity index (χ1v) is 4.54. The number of carbonyl (C=O) groups is 1. The number of carbonyl (C=O) groups excluding carboxylic acids is 1. The largest absolute Gasteiger partial charge is 0.341 e. The molecule has 2 rings (SSSR count). The van der Waals surface area contributed by atoms with Crippen molar-refractivity contribution in [3.8, 4) is 0 Å². The summed E-state index contributed by atoms with van der Waals surface area (Å²) >= 11 is 0. The summed E-state index contributed by atoms with van der Waals surface area (Å²) in [4.78, 5) is 17.5. The number of amides is 1. The highest BCUT2D eigenvalue weighted by molar-refractivity contribution is 6.01. The van der Waals surface area contributed by atoms with Crippen molar-refractivity contribution in [2.45, 2.75) is 0 Å². The minimum absolute atomic E-state index is 0.0610. The van der Waals surface area contributed by atoms with E-state index in [0.29, 0.717) is 0 Å². The van der Waals surface area contributed by atoms with E-state index in [1.807, 2.05) is 0 Å². The van der Waals surface area contributed by atoms with Crippen LogP contribution in [0.2, 0.25) is 0 Å². The monoisotopic (exact) mass is 241 g/mol. The second kappa shape index (κ2) is 4.28. The topological polar surface area (TPSA) is 57.8 Å². The molecular formula is C10H6F3N3O. The van der Waals surface area contributed by atoms with Gasteiger partial charge in [0.1, 0.15) is 0 Å². The van der Waals surface area contributed by atoms with Crippen LogP contribution >= 0.6 is 0 Å². The maximum absolute atomic E-state index is 13.2. The number of imidazole rings is 1. The van der Waals surface area contributed by atoms with Crippen molar-refractivity contribution >= 4 is 11.6 Å². The highest BCUT2D eigenvalue weighted by Crippen LogP contribution is 2.19. The van der Waals surface area contributed by atoms with Gasteiger partial charge in [0.05, 0.1) is 5.69 Å². The Bertz CT molecular complexity index is 554. The molecule has 2 aromatic rings. The molecule has 4 nitrogen and oxygen atoms in total. The third kappa shape index (κ3) is 2.12. The van der Waals surface area contributed by atoms with Crippen molar-refractivity contribution in [1.29, 1.82) is 0 Å². The molecule has 0 atom stereocenters. The van der Waals surface area contributed by atoms with Crippen LogP contribution in [0.4, 0.5) is 18.9 Å². The molecular weight excluding hydrogens is 235 g/mol. The van der Waals surface area contributed by atoms with E-state index in [4.69, 9.17) is 0 Å². The van der Waals surface area contributed by atoms with Crippen molar-refractivity contribution in [2.75, 3.05) is 5.32 Å². The Kier molecular flexibility index (Phi) is 2.82. The van der Waals surface area contributed by atoms with Gasteiger partial charge >= 0.3 is 0 Å². The Morgan fingerprint density at radius 2 is 2.00 bits per heavy atom. The average molecular weight is 241 g/mol. The molecule has 0 unspecified atom stereocenters. The SMILES string of the molecule is O=C(Nc1ccc(F)c(F)c1F)c1ncc[nH]1. The van der Waals surface area contributed by atoms with Gasteiger partial charge in [-0.1, -0.05) is 0 Å². The maximum atomic E-state index is 13.2. The lowest BCUT2D eigenvalue weighted by atomic mass is 10.2. The van der Waals surface area contributed by atoms with Crippen molar-refractivity contribution in [2.24, 2.45) is 0 Å². The van der Waals surface area contributed by atoms with Crippen LogP contribution in [0, 0.1) is 17.5 Å². The zero-order valence-corrected chi connectivity index (χ0v) is 8.30. The maximum Gasteiger partial charge on any atom is 0.291 e. The summed E-state index contributed by atoms with van der Waals surface area (Å²) in [5.41, 5.74) is -0.453. The van der Waals surface area contributed by atoms with Gasteiger partial charge in [-0.05, 0) is 12.1 Å². The molecule has 1 aromatic heterocycles. The minimum atomic E-state index is -1.64. The Morgan fingerprint density at radius 1 is 1.24 bits per heavy atom.